The van der Waals surface area contributed by atoms with E-state index in [2.05, 4.69) is 10.6 Å². The first-order valence-corrected chi connectivity index (χ1v) is 5.26. The van der Waals surface area contributed by atoms with E-state index in [1.165, 1.54) is 0 Å². The number of hydrogen-bond acceptors (Lipinski definition) is 3. The molecule has 3 N–H and O–H groups in total. The lowest BCUT2D eigenvalue weighted by molar-refractivity contribution is -0.139. The van der Waals surface area contributed by atoms with Gasteiger partial charge in [-0.3, -0.25) is 14.9 Å². The van der Waals surface area contributed by atoms with E-state index in [0.717, 1.165) is 0 Å². The van der Waals surface area contributed by atoms with Gasteiger partial charge in [0.1, 0.15) is 5.54 Å². The van der Waals surface area contributed by atoms with Gasteiger partial charge in [0.15, 0.2) is 0 Å². The maximum absolute atomic E-state index is 11.8. The molecular formula is C10H14N2O4. The summed E-state index contributed by atoms with van der Waals surface area (Å²) in [6.07, 6.45) is 0.446. The van der Waals surface area contributed by atoms with Crippen LogP contribution in [0, 0.1) is 17.8 Å². The van der Waals surface area contributed by atoms with Crippen molar-refractivity contribution in [1.82, 2.24) is 10.6 Å². The third-order valence-electron chi connectivity index (χ3n) is 3.53. The minimum Gasteiger partial charge on any atom is -0.481 e. The van der Waals surface area contributed by atoms with E-state index in [0.29, 0.717) is 6.42 Å². The van der Waals surface area contributed by atoms with Crippen LogP contribution in [0.4, 0.5) is 4.79 Å². The molecule has 1 aliphatic heterocycles. The zero-order chi connectivity index (χ0) is 12.1. The predicted octanol–water partition coefficient (Wildman–Crippen LogP) is -0.0587. The van der Waals surface area contributed by atoms with Gasteiger partial charge in [-0.1, -0.05) is 13.8 Å². The lowest BCUT2D eigenvalue weighted by Gasteiger charge is -2.30. The molecule has 0 bridgehead atoms. The smallest absolute Gasteiger partial charge is 0.322 e. The van der Waals surface area contributed by atoms with Gasteiger partial charge < -0.3 is 10.4 Å². The van der Waals surface area contributed by atoms with Gasteiger partial charge in [0.05, 0.1) is 5.92 Å². The van der Waals surface area contributed by atoms with Crippen LogP contribution in [0.25, 0.3) is 0 Å². The van der Waals surface area contributed by atoms with Gasteiger partial charge in [-0.05, 0) is 12.3 Å². The van der Waals surface area contributed by atoms with Crippen molar-refractivity contribution in [2.45, 2.75) is 25.8 Å². The van der Waals surface area contributed by atoms with Crippen molar-refractivity contribution >= 4 is 17.9 Å². The number of carbonyl (C=O) groups excluding carboxylic acids is 2. The minimum atomic E-state index is -1.04. The molecule has 0 spiro atoms. The maximum Gasteiger partial charge on any atom is 0.322 e. The van der Waals surface area contributed by atoms with Crippen LogP contribution >= 0.6 is 0 Å². The number of rotatable bonds is 3. The van der Waals surface area contributed by atoms with Crippen molar-refractivity contribution in [3.8, 4) is 0 Å². The second kappa shape index (κ2) is 3.20. The third kappa shape index (κ3) is 1.29. The highest BCUT2D eigenvalue weighted by atomic mass is 16.4. The van der Waals surface area contributed by atoms with Gasteiger partial charge in [0.25, 0.3) is 5.91 Å². The van der Waals surface area contributed by atoms with Crippen molar-refractivity contribution in [2.24, 2.45) is 17.8 Å². The zero-order valence-electron chi connectivity index (χ0n) is 9.11. The molecule has 0 radical (unpaired) electrons. The summed E-state index contributed by atoms with van der Waals surface area (Å²) in [7, 11) is 0. The van der Waals surface area contributed by atoms with Gasteiger partial charge in [-0.15, -0.1) is 0 Å². The molecule has 2 rings (SSSR count). The number of carbonyl (C=O) groups is 3. The van der Waals surface area contributed by atoms with Crippen molar-refractivity contribution in [2.75, 3.05) is 0 Å². The van der Waals surface area contributed by atoms with Crippen LogP contribution in [-0.4, -0.2) is 28.6 Å². The number of aliphatic carboxylic acids is 1. The monoisotopic (exact) mass is 226 g/mol. The highest BCUT2D eigenvalue weighted by Crippen LogP contribution is 2.50. The Morgan fingerprint density at radius 3 is 2.44 bits per heavy atom. The first-order valence-electron chi connectivity index (χ1n) is 5.26. The predicted molar refractivity (Wildman–Crippen MR) is 53.5 cm³/mol. The molecule has 0 aromatic rings. The van der Waals surface area contributed by atoms with Gasteiger partial charge in [-0.2, -0.15) is 0 Å². The summed E-state index contributed by atoms with van der Waals surface area (Å²) in [5.74, 6) is -2.25. The number of nitrogens with one attached hydrogen (secondary N) is 2. The molecule has 2 aliphatic rings. The average molecular weight is 226 g/mol. The first-order chi connectivity index (χ1) is 7.39. The van der Waals surface area contributed by atoms with Crippen LogP contribution < -0.4 is 10.6 Å². The topological polar surface area (TPSA) is 95.5 Å². The summed E-state index contributed by atoms with van der Waals surface area (Å²) in [4.78, 5) is 33.8. The Balaban J connectivity index is 2.28. The van der Waals surface area contributed by atoms with Crippen molar-refractivity contribution in [3.05, 3.63) is 0 Å². The molecule has 88 valence electrons. The lowest BCUT2D eigenvalue weighted by atomic mass is 9.81. The van der Waals surface area contributed by atoms with E-state index in [4.69, 9.17) is 5.11 Å². The molecule has 16 heavy (non-hydrogen) atoms. The standard InChI is InChI=1S/C10H14N2O4/c1-4(2)10(6-3-5(6)7(13)14)8(15)11-9(16)12-10/h4-6H,3H2,1-2H3,(H,13,14)(H2,11,12,15,16). The van der Waals surface area contributed by atoms with Crippen LogP contribution in [0.5, 0.6) is 0 Å². The molecule has 0 aromatic heterocycles. The van der Waals surface area contributed by atoms with E-state index < -0.39 is 29.4 Å². The molecule has 3 amide bonds. The minimum absolute atomic E-state index is 0.131. The maximum atomic E-state index is 11.8. The summed E-state index contributed by atoms with van der Waals surface area (Å²) < 4.78 is 0. The Morgan fingerprint density at radius 2 is 2.12 bits per heavy atom. The molecular weight excluding hydrogens is 212 g/mol. The van der Waals surface area contributed by atoms with E-state index >= 15 is 0 Å². The summed E-state index contributed by atoms with van der Waals surface area (Å²) in [5.41, 5.74) is -1.04. The van der Waals surface area contributed by atoms with E-state index in [9.17, 15) is 14.4 Å². The largest absolute Gasteiger partial charge is 0.481 e. The Morgan fingerprint density at radius 1 is 1.50 bits per heavy atom. The number of urea groups is 1. The Kier molecular flexibility index (Phi) is 2.18. The first kappa shape index (κ1) is 10.9. The number of imide groups is 1. The molecule has 3 atom stereocenters. The normalized spacial score (nSPS) is 37.2. The summed E-state index contributed by atoms with van der Waals surface area (Å²) in [6.45, 7) is 3.62. The highest BCUT2D eigenvalue weighted by Gasteiger charge is 2.64. The molecule has 1 saturated carbocycles. The summed E-state index contributed by atoms with van der Waals surface area (Å²) in [6, 6.07) is -0.533. The van der Waals surface area contributed by atoms with Crippen LogP contribution in [0.3, 0.4) is 0 Å². The van der Waals surface area contributed by atoms with E-state index in [-0.39, 0.29) is 11.8 Å². The number of amides is 3. The molecule has 3 unspecified atom stereocenters. The average Bonchev–Trinajstić information content (AvgIpc) is 2.88. The lowest BCUT2D eigenvalue weighted by Crippen LogP contribution is -2.54. The van der Waals surface area contributed by atoms with E-state index in [1.54, 1.807) is 0 Å². The second-order valence-corrected chi connectivity index (χ2v) is 4.72. The molecule has 1 heterocycles. The van der Waals surface area contributed by atoms with Gasteiger partial charge in [0, 0.05) is 5.92 Å². The fourth-order valence-corrected chi connectivity index (χ4v) is 2.55. The van der Waals surface area contributed by atoms with Crippen LogP contribution in [0.1, 0.15) is 20.3 Å². The molecule has 1 aliphatic carbocycles. The fraction of sp³-hybridized carbons (Fsp3) is 0.700. The van der Waals surface area contributed by atoms with E-state index in [1.807, 2.05) is 13.8 Å². The Bertz CT molecular complexity index is 379. The van der Waals surface area contributed by atoms with Gasteiger partial charge in [-0.25, -0.2) is 4.79 Å². The van der Waals surface area contributed by atoms with Crippen LogP contribution in [0.2, 0.25) is 0 Å². The van der Waals surface area contributed by atoms with Crippen LogP contribution in [-0.2, 0) is 9.59 Å². The number of carboxylic acids is 1. The fourth-order valence-electron chi connectivity index (χ4n) is 2.55. The Labute approximate surface area is 92.4 Å². The highest BCUT2D eigenvalue weighted by molar-refractivity contribution is 6.08. The van der Waals surface area contributed by atoms with Gasteiger partial charge in [0.2, 0.25) is 0 Å². The van der Waals surface area contributed by atoms with Gasteiger partial charge >= 0.3 is 12.0 Å². The second-order valence-electron chi connectivity index (χ2n) is 4.72. The summed E-state index contributed by atoms with van der Waals surface area (Å²) in [5, 5.41) is 13.7. The molecule has 2 fully saturated rings. The third-order valence-corrected chi connectivity index (χ3v) is 3.53. The zero-order valence-corrected chi connectivity index (χ0v) is 9.11. The molecule has 0 aromatic carbocycles. The molecule has 1 saturated heterocycles. The quantitative estimate of drug-likeness (QED) is 0.587. The number of hydrogen-bond donors (Lipinski definition) is 3. The summed E-state index contributed by atoms with van der Waals surface area (Å²) >= 11 is 0. The van der Waals surface area contributed by atoms with Crippen molar-refractivity contribution < 1.29 is 19.5 Å². The molecule has 6 nitrogen and oxygen atoms in total. The number of carboxylic acid groups (broad SMARTS) is 1. The van der Waals surface area contributed by atoms with Crippen LogP contribution in [0.15, 0.2) is 0 Å². The van der Waals surface area contributed by atoms with Crippen molar-refractivity contribution in [3.63, 3.8) is 0 Å². The molecule has 6 heteroatoms. The Hall–Kier alpha value is -1.59. The van der Waals surface area contributed by atoms with Crippen molar-refractivity contribution in [1.29, 1.82) is 0 Å². The SMILES string of the molecule is CC(C)C1(C2CC2C(=O)O)NC(=O)NC1=O.